The van der Waals surface area contributed by atoms with Gasteiger partial charge in [-0.3, -0.25) is 4.68 Å². The van der Waals surface area contributed by atoms with E-state index in [1.54, 1.807) is 0 Å². The number of aromatic nitrogens is 2. The minimum atomic E-state index is 0.361. The Morgan fingerprint density at radius 2 is 2.38 bits per heavy atom. The van der Waals surface area contributed by atoms with Gasteiger partial charge in [0.2, 0.25) is 0 Å². The Morgan fingerprint density at radius 3 is 2.85 bits per heavy atom. The number of hydrogen-bond acceptors (Lipinski definition) is 3. The van der Waals surface area contributed by atoms with E-state index >= 15 is 0 Å². The van der Waals surface area contributed by atoms with Crippen LogP contribution in [-0.2, 0) is 13.6 Å². The fraction of sp³-hybridized carbons (Fsp3) is 0.667. The Labute approximate surface area is 79.1 Å². The molecule has 0 spiro atoms. The first-order valence-electron chi connectivity index (χ1n) is 4.56. The molecule has 0 fully saturated rings. The maximum atomic E-state index is 5.50. The molecule has 1 heterocycles. The predicted molar refractivity (Wildman–Crippen MR) is 53.3 cm³/mol. The number of nitrogens with zero attached hydrogens (tertiary/aromatic N) is 2. The van der Waals surface area contributed by atoms with Crippen molar-refractivity contribution in [2.75, 3.05) is 6.54 Å². The second-order valence-corrected chi connectivity index (χ2v) is 3.43. The van der Waals surface area contributed by atoms with Crippen LogP contribution in [0.3, 0.4) is 0 Å². The van der Waals surface area contributed by atoms with Gasteiger partial charge in [-0.15, -0.1) is 0 Å². The Bertz CT molecular complexity index is 267. The summed E-state index contributed by atoms with van der Waals surface area (Å²) in [5.41, 5.74) is 7.82. The fourth-order valence-electron chi connectivity index (χ4n) is 1.19. The van der Waals surface area contributed by atoms with Gasteiger partial charge < -0.3 is 11.1 Å². The second-order valence-electron chi connectivity index (χ2n) is 3.43. The maximum absolute atomic E-state index is 5.50. The van der Waals surface area contributed by atoms with E-state index in [0.717, 1.165) is 12.2 Å². The Morgan fingerprint density at radius 1 is 1.69 bits per heavy atom. The Hall–Kier alpha value is -0.870. The molecule has 13 heavy (non-hydrogen) atoms. The lowest BCUT2D eigenvalue weighted by Gasteiger charge is -2.09. The van der Waals surface area contributed by atoms with E-state index in [9.17, 15) is 0 Å². The van der Waals surface area contributed by atoms with Crippen LogP contribution in [0.4, 0.5) is 0 Å². The first-order chi connectivity index (χ1) is 6.13. The third kappa shape index (κ3) is 2.82. The van der Waals surface area contributed by atoms with Gasteiger partial charge in [0, 0.05) is 37.9 Å². The van der Waals surface area contributed by atoms with Crippen LogP contribution < -0.4 is 11.1 Å². The van der Waals surface area contributed by atoms with Crippen LogP contribution >= 0.6 is 0 Å². The molecular weight excluding hydrogens is 164 g/mol. The van der Waals surface area contributed by atoms with Gasteiger partial charge in [-0.05, 0) is 13.8 Å². The summed E-state index contributed by atoms with van der Waals surface area (Å²) in [5, 5.41) is 7.58. The quantitative estimate of drug-likeness (QED) is 0.697. The minimum Gasteiger partial charge on any atom is -0.329 e. The van der Waals surface area contributed by atoms with Crippen LogP contribution in [-0.4, -0.2) is 22.4 Å². The molecule has 1 aromatic heterocycles. The molecule has 0 aliphatic rings. The second kappa shape index (κ2) is 4.39. The molecule has 4 heteroatoms. The molecule has 0 saturated heterocycles. The first kappa shape index (κ1) is 10.2. The summed E-state index contributed by atoms with van der Waals surface area (Å²) in [4.78, 5) is 0. The lowest BCUT2D eigenvalue weighted by molar-refractivity contribution is 0.555. The molecule has 74 valence electrons. The van der Waals surface area contributed by atoms with Crippen molar-refractivity contribution in [3.8, 4) is 0 Å². The summed E-state index contributed by atoms with van der Waals surface area (Å²) >= 11 is 0. The van der Waals surface area contributed by atoms with Crippen molar-refractivity contribution >= 4 is 0 Å². The highest BCUT2D eigenvalue weighted by molar-refractivity contribution is 5.14. The smallest absolute Gasteiger partial charge is 0.0638 e. The molecule has 0 aromatic carbocycles. The van der Waals surface area contributed by atoms with E-state index < -0.39 is 0 Å². The van der Waals surface area contributed by atoms with Gasteiger partial charge in [0.25, 0.3) is 0 Å². The van der Waals surface area contributed by atoms with E-state index in [2.05, 4.69) is 17.3 Å². The summed E-state index contributed by atoms with van der Waals surface area (Å²) in [6.07, 6.45) is 2.03. The van der Waals surface area contributed by atoms with Crippen LogP contribution in [0.25, 0.3) is 0 Å². The highest BCUT2D eigenvalue weighted by Crippen LogP contribution is 2.03. The van der Waals surface area contributed by atoms with Crippen molar-refractivity contribution in [1.82, 2.24) is 15.1 Å². The molecule has 0 aliphatic heterocycles. The van der Waals surface area contributed by atoms with Crippen molar-refractivity contribution in [2.24, 2.45) is 12.8 Å². The number of nitrogens with two attached hydrogens (primary N) is 1. The topological polar surface area (TPSA) is 55.9 Å². The molecule has 1 rings (SSSR count). The van der Waals surface area contributed by atoms with Gasteiger partial charge >= 0.3 is 0 Å². The third-order valence-corrected chi connectivity index (χ3v) is 2.11. The van der Waals surface area contributed by atoms with Gasteiger partial charge in [-0.2, -0.15) is 5.10 Å². The van der Waals surface area contributed by atoms with E-state index in [1.807, 2.05) is 24.9 Å². The van der Waals surface area contributed by atoms with Gasteiger partial charge in [-0.1, -0.05) is 0 Å². The predicted octanol–water partition coefficient (Wildman–Crippen LogP) is 0.165. The van der Waals surface area contributed by atoms with Crippen LogP contribution in [0.15, 0.2) is 6.20 Å². The van der Waals surface area contributed by atoms with Crippen LogP contribution in [0.5, 0.6) is 0 Å². The van der Waals surface area contributed by atoms with Crippen LogP contribution in [0.1, 0.15) is 18.2 Å². The number of aryl methyl sites for hydroxylation is 2. The fourth-order valence-corrected chi connectivity index (χ4v) is 1.19. The molecule has 0 saturated carbocycles. The van der Waals surface area contributed by atoms with Gasteiger partial charge in [0.1, 0.15) is 0 Å². The van der Waals surface area contributed by atoms with E-state index in [-0.39, 0.29) is 0 Å². The zero-order chi connectivity index (χ0) is 9.84. The molecular formula is C9H18N4. The molecule has 0 amide bonds. The van der Waals surface area contributed by atoms with Crippen molar-refractivity contribution in [1.29, 1.82) is 0 Å². The van der Waals surface area contributed by atoms with E-state index in [4.69, 9.17) is 5.73 Å². The zero-order valence-electron chi connectivity index (χ0n) is 8.54. The molecule has 3 N–H and O–H groups in total. The molecule has 0 aliphatic carbocycles. The molecule has 0 unspecified atom stereocenters. The number of nitrogens with one attached hydrogen (secondary N) is 1. The van der Waals surface area contributed by atoms with Gasteiger partial charge in [0.05, 0.1) is 5.69 Å². The SMILES string of the molecule is Cc1nn(C)cc1CN[C@@H](C)CN. The van der Waals surface area contributed by atoms with Gasteiger partial charge in [0.15, 0.2) is 0 Å². The Balaban J connectivity index is 2.49. The number of hydrogen-bond donors (Lipinski definition) is 2. The van der Waals surface area contributed by atoms with Crippen molar-refractivity contribution < 1.29 is 0 Å². The lowest BCUT2D eigenvalue weighted by Crippen LogP contribution is -2.32. The summed E-state index contributed by atoms with van der Waals surface area (Å²) in [7, 11) is 1.93. The summed E-state index contributed by atoms with van der Waals surface area (Å²) in [6.45, 7) is 5.60. The van der Waals surface area contributed by atoms with Crippen molar-refractivity contribution in [3.05, 3.63) is 17.5 Å². The van der Waals surface area contributed by atoms with Crippen molar-refractivity contribution in [2.45, 2.75) is 26.4 Å². The van der Waals surface area contributed by atoms with Crippen LogP contribution in [0, 0.1) is 6.92 Å². The Kier molecular flexibility index (Phi) is 3.45. The summed E-state index contributed by atoms with van der Waals surface area (Å²) in [5.74, 6) is 0. The standard InChI is InChI=1S/C9H18N4/c1-7(4-10)11-5-9-6-13(3)12-8(9)2/h6-7,11H,4-5,10H2,1-3H3/t7-/m0/s1. The third-order valence-electron chi connectivity index (χ3n) is 2.11. The monoisotopic (exact) mass is 182 g/mol. The van der Waals surface area contributed by atoms with E-state index in [1.165, 1.54) is 5.56 Å². The van der Waals surface area contributed by atoms with Gasteiger partial charge in [-0.25, -0.2) is 0 Å². The molecule has 1 aromatic rings. The maximum Gasteiger partial charge on any atom is 0.0638 e. The summed E-state index contributed by atoms with van der Waals surface area (Å²) in [6, 6.07) is 0.361. The highest BCUT2D eigenvalue weighted by Gasteiger charge is 2.03. The molecule has 4 nitrogen and oxygen atoms in total. The highest BCUT2D eigenvalue weighted by atomic mass is 15.2. The average Bonchev–Trinajstić information content (AvgIpc) is 2.41. The lowest BCUT2D eigenvalue weighted by atomic mass is 10.2. The minimum absolute atomic E-state index is 0.361. The van der Waals surface area contributed by atoms with E-state index in [0.29, 0.717) is 12.6 Å². The largest absolute Gasteiger partial charge is 0.329 e. The average molecular weight is 182 g/mol. The summed E-state index contributed by atoms with van der Waals surface area (Å²) < 4.78 is 1.83. The molecule has 1 atom stereocenters. The molecule has 0 bridgehead atoms. The zero-order valence-corrected chi connectivity index (χ0v) is 8.54. The molecule has 0 radical (unpaired) electrons. The van der Waals surface area contributed by atoms with Crippen molar-refractivity contribution in [3.63, 3.8) is 0 Å². The first-order valence-corrected chi connectivity index (χ1v) is 4.56. The normalized spacial score (nSPS) is 13.2. The number of rotatable bonds is 4. The van der Waals surface area contributed by atoms with Crippen LogP contribution in [0.2, 0.25) is 0 Å².